The van der Waals surface area contributed by atoms with E-state index in [9.17, 15) is 4.79 Å². The van der Waals surface area contributed by atoms with Crippen LogP contribution in [0.5, 0.6) is 5.75 Å². The van der Waals surface area contributed by atoms with Crippen molar-refractivity contribution in [1.29, 1.82) is 0 Å². The van der Waals surface area contributed by atoms with E-state index in [2.05, 4.69) is 54.0 Å². The van der Waals surface area contributed by atoms with Crippen LogP contribution in [0.15, 0.2) is 78.9 Å². The number of carbonyl (C=O) groups excluding carboxylic acids is 1. The Morgan fingerprint density at radius 2 is 1.48 bits per heavy atom. The summed E-state index contributed by atoms with van der Waals surface area (Å²) in [7, 11) is 1.64. The number of hydrogen-bond acceptors (Lipinski definition) is 3. The first-order valence-electron chi connectivity index (χ1n) is 9.89. The van der Waals surface area contributed by atoms with E-state index in [-0.39, 0.29) is 18.0 Å². The molecule has 0 heterocycles. The van der Waals surface area contributed by atoms with Crippen molar-refractivity contribution in [3.63, 3.8) is 0 Å². The molecule has 0 saturated heterocycles. The smallest absolute Gasteiger partial charge is 0.237 e. The Labute approximate surface area is 172 Å². The molecule has 2 N–H and O–H groups in total. The average molecular weight is 389 g/mol. The summed E-state index contributed by atoms with van der Waals surface area (Å²) in [6.45, 7) is 4.46. The van der Waals surface area contributed by atoms with Crippen molar-refractivity contribution in [3.05, 3.63) is 90.0 Å². The van der Waals surface area contributed by atoms with Crippen LogP contribution in [0.25, 0.3) is 11.1 Å². The van der Waals surface area contributed by atoms with Gasteiger partial charge in [0.15, 0.2) is 0 Å². The van der Waals surface area contributed by atoms with Crippen molar-refractivity contribution in [2.24, 2.45) is 0 Å². The standard InChI is InChI=1S/C25H28N2O2/c1-18(21-11-13-23(14-12-21)22-7-5-4-6-8-22)27-19(2)25(28)26-17-20-9-15-24(29-3)16-10-20/h4-16,18-19,27H,17H2,1-3H3,(H,26,28)/t18-,19-/m0/s1. The Bertz CT molecular complexity index is 906. The molecule has 3 rings (SSSR count). The lowest BCUT2D eigenvalue weighted by Crippen LogP contribution is -2.42. The van der Waals surface area contributed by atoms with Gasteiger partial charge in [0.2, 0.25) is 5.91 Å². The van der Waals surface area contributed by atoms with Crippen LogP contribution >= 0.6 is 0 Å². The Morgan fingerprint density at radius 3 is 2.10 bits per heavy atom. The number of rotatable bonds is 8. The van der Waals surface area contributed by atoms with Crippen LogP contribution in [-0.2, 0) is 11.3 Å². The second kappa shape index (κ2) is 9.89. The second-order valence-corrected chi connectivity index (χ2v) is 7.16. The molecule has 0 aliphatic rings. The minimum atomic E-state index is -0.294. The molecule has 3 aromatic rings. The molecule has 4 nitrogen and oxygen atoms in total. The summed E-state index contributed by atoms with van der Waals surface area (Å²) in [5.41, 5.74) is 4.58. The maximum Gasteiger partial charge on any atom is 0.237 e. The van der Waals surface area contributed by atoms with Gasteiger partial charge in [-0.15, -0.1) is 0 Å². The van der Waals surface area contributed by atoms with Crippen molar-refractivity contribution in [2.45, 2.75) is 32.5 Å². The first-order chi connectivity index (χ1) is 14.1. The fourth-order valence-electron chi connectivity index (χ4n) is 3.23. The molecule has 4 heteroatoms. The zero-order chi connectivity index (χ0) is 20.6. The topological polar surface area (TPSA) is 50.4 Å². The van der Waals surface area contributed by atoms with Gasteiger partial charge in [-0.05, 0) is 48.2 Å². The van der Waals surface area contributed by atoms with Crippen LogP contribution in [0.2, 0.25) is 0 Å². The van der Waals surface area contributed by atoms with Crippen molar-refractivity contribution in [2.75, 3.05) is 7.11 Å². The van der Waals surface area contributed by atoms with Crippen LogP contribution in [0.4, 0.5) is 0 Å². The number of carbonyl (C=O) groups is 1. The molecule has 0 bridgehead atoms. The number of nitrogens with one attached hydrogen (secondary N) is 2. The molecule has 1 amide bonds. The molecule has 0 radical (unpaired) electrons. The third-order valence-electron chi connectivity index (χ3n) is 5.04. The van der Waals surface area contributed by atoms with E-state index in [0.717, 1.165) is 16.9 Å². The molecule has 0 aliphatic carbocycles. The highest BCUT2D eigenvalue weighted by atomic mass is 16.5. The van der Waals surface area contributed by atoms with Gasteiger partial charge in [0.1, 0.15) is 5.75 Å². The van der Waals surface area contributed by atoms with Crippen molar-refractivity contribution >= 4 is 5.91 Å². The quantitative estimate of drug-likeness (QED) is 0.587. The zero-order valence-corrected chi connectivity index (χ0v) is 17.2. The molecule has 29 heavy (non-hydrogen) atoms. The lowest BCUT2D eigenvalue weighted by molar-refractivity contribution is -0.123. The van der Waals surface area contributed by atoms with E-state index >= 15 is 0 Å². The minimum absolute atomic E-state index is 0.0198. The lowest BCUT2D eigenvalue weighted by Gasteiger charge is -2.20. The monoisotopic (exact) mass is 388 g/mol. The van der Waals surface area contributed by atoms with Gasteiger partial charge in [0, 0.05) is 12.6 Å². The molecule has 3 aromatic carbocycles. The van der Waals surface area contributed by atoms with Crippen molar-refractivity contribution < 1.29 is 9.53 Å². The van der Waals surface area contributed by atoms with Gasteiger partial charge >= 0.3 is 0 Å². The SMILES string of the molecule is COc1ccc(CNC(=O)[C@H](C)N[C@@H](C)c2ccc(-c3ccccc3)cc2)cc1. The van der Waals surface area contributed by atoms with Gasteiger partial charge < -0.3 is 10.1 Å². The molecule has 0 fully saturated rings. The van der Waals surface area contributed by atoms with E-state index in [0.29, 0.717) is 6.54 Å². The number of hydrogen-bond donors (Lipinski definition) is 2. The van der Waals surface area contributed by atoms with Crippen LogP contribution < -0.4 is 15.4 Å². The second-order valence-electron chi connectivity index (χ2n) is 7.16. The van der Waals surface area contributed by atoms with Crippen molar-refractivity contribution in [1.82, 2.24) is 10.6 Å². The Balaban J connectivity index is 1.52. The zero-order valence-electron chi connectivity index (χ0n) is 17.2. The van der Waals surface area contributed by atoms with Gasteiger partial charge in [-0.3, -0.25) is 10.1 Å². The van der Waals surface area contributed by atoms with Gasteiger partial charge in [-0.1, -0.05) is 66.7 Å². The molecule has 0 aromatic heterocycles. The highest BCUT2D eigenvalue weighted by molar-refractivity contribution is 5.81. The van der Waals surface area contributed by atoms with Gasteiger partial charge in [0.05, 0.1) is 13.2 Å². The maximum atomic E-state index is 12.4. The Kier molecular flexibility index (Phi) is 7.04. The molecular weight excluding hydrogens is 360 g/mol. The van der Waals surface area contributed by atoms with Crippen LogP contribution in [0, 0.1) is 0 Å². The Morgan fingerprint density at radius 1 is 0.862 bits per heavy atom. The predicted molar refractivity (Wildman–Crippen MR) is 118 cm³/mol. The van der Waals surface area contributed by atoms with Crippen LogP contribution in [-0.4, -0.2) is 19.1 Å². The number of methoxy groups -OCH3 is 1. The molecule has 0 saturated carbocycles. The van der Waals surface area contributed by atoms with Crippen LogP contribution in [0.1, 0.15) is 31.0 Å². The van der Waals surface area contributed by atoms with E-state index in [1.54, 1.807) is 7.11 Å². The molecule has 150 valence electrons. The minimum Gasteiger partial charge on any atom is -0.497 e. The lowest BCUT2D eigenvalue weighted by atomic mass is 10.0. The summed E-state index contributed by atoms with van der Waals surface area (Å²) in [5, 5.41) is 6.36. The van der Waals surface area contributed by atoms with Gasteiger partial charge in [0.25, 0.3) is 0 Å². The molecular formula is C25H28N2O2. The fraction of sp³-hybridized carbons (Fsp3) is 0.240. The number of ether oxygens (including phenoxy) is 1. The Hall–Kier alpha value is -3.11. The highest BCUT2D eigenvalue weighted by Gasteiger charge is 2.16. The summed E-state index contributed by atoms with van der Waals surface area (Å²) in [6, 6.07) is 26.2. The number of amides is 1. The predicted octanol–water partition coefficient (Wildman–Crippen LogP) is 4.72. The number of benzene rings is 3. The fourth-order valence-corrected chi connectivity index (χ4v) is 3.23. The maximum absolute atomic E-state index is 12.4. The van der Waals surface area contributed by atoms with Crippen LogP contribution in [0.3, 0.4) is 0 Å². The summed E-state index contributed by atoms with van der Waals surface area (Å²) in [4.78, 5) is 12.4. The first-order valence-corrected chi connectivity index (χ1v) is 9.89. The third-order valence-corrected chi connectivity index (χ3v) is 5.04. The normalized spacial score (nSPS) is 12.8. The van der Waals surface area contributed by atoms with E-state index in [1.165, 1.54) is 11.1 Å². The van der Waals surface area contributed by atoms with E-state index < -0.39 is 0 Å². The summed E-state index contributed by atoms with van der Waals surface area (Å²) in [6.07, 6.45) is 0. The highest BCUT2D eigenvalue weighted by Crippen LogP contribution is 2.22. The summed E-state index contributed by atoms with van der Waals surface area (Å²) >= 11 is 0. The molecule has 0 aliphatic heterocycles. The molecule has 0 unspecified atom stereocenters. The third kappa shape index (κ3) is 5.69. The van der Waals surface area contributed by atoms with E-state index in [4.69, 9.17) is 4.74 Å². The summed E-state index contributed by atoms with van der Waals surface area (Å²) in [5.74, 6) is 0.788. The first kappa shape index (κ1) is 20.6. The largest absolute Gasteiger partial charge is 0.497 e. The average Bonchev–Trinajstić information content (AvgIpc) is 2.78. The van der Waals surface area contributed by atoms with Gasteiger partial charge in [-0.2, -0.15) is 0 Å². The summed E-state index contributed by atoms with van der Waals surface area (Å²) < 4.78 is 5.15. The molecule has 0 spiro atoms. The van der Waals surface area contributed by atoms with Crippen molar-refractivity contribution in [3.8, 4) is 16.9 Å². The molecule has 2 atom stereocenters. The van der Waals surface area contributed by atoms with E-state index in [1.807, 2.05) is 49.4 Å². The van der Waals surface area contributed by atoms with Gasteiger partial charge in [-0.25, -0.2) is 0 Å².